The Morgan fingerprint density at radius 1 is 1.50 bits per heavy atom. The molecule has 2 N–H and O–H groups in total. The normalized spacial score (nSPS) is 19.2. The van der Waals surface area contributed by atoms with Gasteiger partial charge in [-0.05, 0) is 19.1 Å². The molecule has 1 heterocycles. The van der Waals surface area contributed by atoms with Crippen LogP contribution in [0.2, 0.25) is 0 Å². The van der Waals surface area contributed by atoms with E-state index in [1.165, 1.54) is 0 Å². The minimum absolute atomic E-state index is 0.0996. The highest BCUT2D eigenvalue weighted by atomic mass is 16.6. The van der Waals surface area contributed by atoms with E-state index in [0.717, 1.165) is 11.5 Å². The number of hydrogen-bond acceptors (Lipinski definition) is 4. The van der Waals surface area contributed by atoms with Crippen molar-refractivity contribution in [2.24, 2.45) is 5.73 Å². The number of nitrogens with zero attached hydrogens (tertiary/aromatic N) is 1. The number of nitrogens with two attached hydrogens (primary N) is 1. The largest absolute Gasteiger partial charge is 0.486 e. The average molecular weight is 250 g/mol. The molecule has 1 aromatic rings. The standard InChI is InChI=1S/C13H18N2O3/c1-9(14)13(16)15(2)7-10-8-17-11-5-3-4-6-12(11)18-10/h3-6,9-10H,7-8,14H2,1-2H3/t9-,10-/m0/s1. The second-order valence-corrected chi connectivity index (χ2v) is 4.51. The van der Waals surface area contributed by atoms with Crippen molar-refractivity contribution in [3.63, 3.8) is 0 Å². The number of likely N-dealkylation sites (N-methyl/N-ethyl adjacent to an activating group) is 1. The fourth-order valence-electron chi connectivity index (χ4n) is 1.90. The van der Waals surface area contributed by atoms with E-state index in [2.05, 4.69) is 0 Å². The first-order valence-electron chi connectivity index (χ1n) is 5.97. The third kappa shape index (κ3) is 2.73. The fraction of sp³-hybridized carbons (Fsp3) is 0.462. The number of hydrogen-bond donors (Lipinski definition) is 1. The van der Waals surface area contributed by atoms with Crippen LogP contribution in [0.3, 0.4) is 0 Å². The zero-order valence-corrected chi connectivity index (χ0v) is 10.6. The Bertz CT molecular complexity index is 434. The lowest BCUT2D eigenvalue weighted by atomic mass is 10.2. The van der Waals surface area contributed by atoms with Crippen LogP contribution in [0.5, 0.6) is 11.5 Å². The van der Waals surface area contributed by atoms with Gasteiger partial charge in [-0.15, -0.1) is 0 Å². The van der Waals surface area contributed by atoms with E-state index in [-0.39, 0.29) is 12.0 Å². The number of carbonyl (C=O) groups excluding carboxylic acids is 1. The van der Waals surface area contributed by atoms with Crippen LogP contribution in [0, 0.1) is 0 Å². The molecule has 0 aromatic heterocycles. The van der Waals surface area contributed by atoms with Crippen LogP contribution in [0.1, 0.15) is 6.92 Å². The SMILES string of the molecule is C[C@H](N)C(=O)N(C)C[C@H]1COc2ccccc2O1. The molecule has 5 heteroatoms. The summed E-state index contributed by atoms with van der Waals surface area (Å²) in [5.74, 6) is 1.36. The van der Waals surface area contributed by atoms with Crippen molar-refractivity contribution >= 4 is 5.91 Å². The number of carbonyl (C=O) groups is 1. The van der Waals surface area contributed by atoms with Crippen LogP contribution in [0.25, 0.3) is 0 Å². The van der Waals surface area contributed by atoms with Crippen LogP contribution >= 0.6 is 0 Å². The average Bonchev–Trinajstić information content (AvgIpc) is 2.37. The Hall–Kier alpha value is -1.75. The van der Waals surface area contributed by atoms with Gasteiger partial charge in [0.25, 0.3) is 0 Å². The number of fused-ring (bicyclic) bond motifs is 1. The van der Waals surface area contributed by atoms with Gasteiger partial charge in [0.2, 0.25) is 5.91 Å². The Labute approximate surface area is 106 Å². The lowest BCUT2D eigenvalue weighted by Gasteiger charge is -2.30. The zero-order chi connectivity index (χ0) is 13.1. The van der Waals surface area contributed by atoms with Crippen molar-refractivity contribution in [2.75, 3.05) is 20.2 Å². The Morgan fingerprint density at radius 3 is 2.83 bits per heavy atom. The Kier molecular flexibility index (Phi) is 3.72. The predicted octanol–water partition coefficient (Wildman–Crippen LogP) is 0.632. The van der Waals surface area contributed by atoms with Crippen LogP contribution in [-0.2, 0) is 4.79 Å². The lowest BCUT2D eigenvalue weighted by Crippen LogP contribution is -2.46. The molecular formula is C13H18N2O3. The van der Waals surface area contributed by atoms with Crippen LogP contribution in [0.15, 0.2) is 24.3 Å². The van der Waals surface area contributed by atoms with Crippen molar-refractivity contribution in [3.8, 4) is 11.5 Å². The summed E-state index contributed by atoms with van der Waals surface area (Å²) in [6.45, 7) is 2.58. The van der Waals surface area contributed by atoms with Gasteiger partial charge in [-0.3, -0.25) is 4.79 Å². The summed E-state index contributed by atoms with van der Waals surface area (Å²) in [5, 5.41) is 0. The molecule has 0 unspecified atom stereocenters. The molecule has 0 saturated carbocycles. The highest BCUT2D eigenvalue weighted by Gasteiger charge is 2.24. The van der Waals surface area contributed by atoms with Crippen molar-refractivity contribution in [2.45, 2.75) is 19.1 Å². The van der Waals surface area contributed by atoms with E-state index in [4.69, 9.17) is 15.2 Å². The van der Waals surface area contributed by atoms with Gasteiger partial charge in [0.1, 0.15) is 6.61 Å². The minimum Gasteiger partial charge on any atom is -0.486 e. The molecule has 18 heavy (non-hydrogen) atoms. The topological polar surface area (TPSA) is 64.8 Å². The molecule has 1 aliphatic rings. The summed E-state index contributed by atoms with van der Waals surface area (Å²) in [5.41, 5.74) is 5.56. The van der Waals surface area contributed by atoms with Crippen LogP contribution in [-0.4, -0.2) is 43.2 Å². The van der Waals surface area contributed by atoms with E-state index in [9.17, 15) is 4.79 Å². The molecule has 1 aromatic carbocycles. The molecule has 0 aliphatic carbocycles. The van der Waals surface area contributed by atoms with E-state index >= 15 is 0 Å². The van der Waals surface area contributed by atoms with E-state index in [0.29, 0.717) is 13.2 Å². The van der Waals surface area contributed by atoms with Gasteiger partial charge < -0.3 is 20.1 Å². The number of para-hydroxylation sites is 2. The van der Waals surface area contributed by atoms with Gasteiger partial charge in [-0.1, -0.05) is 12.1 Å². The number of rotatable bonds is 3. The maximum Gasteiger partial charge on any atom is 0.239 e. The van der Waals surface area contributed by atoms with Gasteiger partial charge in [0.15, 0.2) is 17.6 Å². The summed E-state index contributed by atoms with van der Waals surface area (Å²) in [4.78, 5) is 13.2. The molecule has 0 fully saturated rings. The van der Waals surface area contributed by atoms with Gasteiger partial charge >= 0.3 is 0 Å². The van der Waals surface area contributed by atoms with Crippen molar-refractivity contribution in [1.29, 1.82) is 0 Å². The Balaban J connectivity index is 1.96. The summed E-state index contributed by atoms with van der Waals surface area (Å²) in [7, 11) is 1.72. The highest BCUT2D eigenvalue weighted by Crippen LogP contribution is 2.30. The van der Waals surface area contributed by atoms with Gasteiger partial charge in [-0.2, -0.15) is 0 Å². The lowest BCUT2D eigenvalue weighted by molar-refractivity contribution is -0.132. The monoisotopic (exact) mass is 250 g/mol. The summed E-state index contributed by atoms with van der Waals surface area (Å²) in [6, 6.07) is 7.01. The minimum atomic E-state index is -0.494. The number of ether oxygens (including phenoxy) is 2. The second kappa shape index (κ2) is 5.27. The molecule has 1 amide bonds. The summed E-state index contributed by atoms with van der Waals surface area (Å²) >= 11 is 0. The van der Waals surface area contributed by atoms with Crippen molar-refractivity contribution in [3.05, 3.63) is 24.3 Å². The van der Waals surface area contributed by atoms with Crippen molar-refractivity contribution in [1.82, 2.24) is 4.90 Å². The van der Waals surface area contributed by atoms with Gasteiger partial charge in [0, 0.05) is 7.05 Å². The Morgan fingerprint density at radius 2 is 2.17 bits per heavy atom. The molecule has 0 radical (unpaired) electrons. The third-order valence-corrected chi connectivity index (χ3v) is 2.81. The third-order valence-electron chi connectivity index (χ3n) is 2.81. The molecule has 2 rings (SSSR count). The molecule has 0 bridgehead atoms. The van der Waals surface area contributed by atoms with Gasteiger partial charge in [-0.25, -0.2) is 0 Å². The molecule has 98 valence electrons. The van der Waals surface area contributed by atoms with E-state index in [1.54, 1.807) is 18.9 Å². The first kappa shape index (κ1) is 12.7. The van der Waals surface area contributed by atoms with E-state index in [1.807, 2.05) is 24.3 Å². The smallest absolute Gasteiger partial charge is 0.239 e. The summed E-state index contributed by atoms with van der Waals surface area (Å²) in [6.07, 6.45) is -0.160. The molecule has 1 aliphatic heterocycles. The fourth-order valence-corrected chi connectivity index (χ4v) is 1.90. The highest BCUT2D eigenvalue weighted by molar-refractivity contribution is 5.80. The van der Waals surface area contributed by atoms with Crippen molar-refractivity contribution < 1.29 is 14.3 Å². The maximum atomic E-state index is 11.7. The molecule has 2 atom stereocenters. The first-order chi connectivity index (χ1) is 8.58. The quantitative estimate of drug-likeness (QED) is 0.854. The number of amides is 1. The van der Waals surface area contributed by atoms with Gasteiger partial charge in [0.05, 0.1) is 12.6 Å². The zero-order valence-electron chi connectivity index (χ0n) is 10.6. The number of benzene rings is 1. The second-order valence-electron chi connectivity index (χ2n) is 4.51. The maximum absolute atomic E-state index is 11.7. The molecule has 5 nitrogen and oxygen atoms in total. The molecule has 0 spiro atoms. The first-order valence-corrected chi connectivity index (χ1v) is 5.97. The summed E-state index contributed by atoms with van der Waals surface area (Å²) < 4.78 is 11.4. The van der Waals surface area contributed by atoms with E-state index < -0.39 is 6.04 Å². The molecular weight excluding hydrogens is 232 g/mol. The van der Waals surface area contributed by atoms with Crippen LogP contribution in [0.4, 0.5) is 0 Å². The molecule has 0 saturated heterocycles. The van der Waals surface area contributed by atoms with Crippen LogP contribution < -0.4 is 15.2 Å². The predicted molar refractivity (Wildman–Crippen MR) is 67.6 cm³/mol.